The van der Waals surface area contributed by atoms with Crippen molar-refractivity contribution < 1.29 is 28.5 Å². The third kappa shape index (κ3) is 3.60. The number of hydrogen-bond acceptors (Lipinski definition) is 4. The van der Waals surface area contributed by atoms with Gasteiger partial charge in [0.15, 0.2) is 11.4 Å². The van der Waals surface area contributed by atoms with Crippen LogP contribution < -0.4 is 0 Å². The van der Waals surface area contributed by atoms with Gasteiger partial charge in [-0.1, -0.05) is 13.8 Å². The molecule has 4 aromatic rings. The molecule has 1 aliphatic carbocycles. The minimum Gasteiger partial charge on any atom is -0.479 e. The molecule has 36 heavy (non-hydrogen) atoms. The standard InChI is InChI=1S/C27H29F2N3O4/c1-14-9-17(5-6-18(14)28)32-19-10-16-12-30-31-23(16)22(29)21(19)20(24(32)26(2,3)13-36-4)15-7-8-27(35,11-15)25(33)34/h5-6,9-10,12,15,35H,7-8,11,13H2,1-4H3,(H,30,31)(H,33,34)/t15?,27-/m0/s1. The number of aromatic nitrogens is 3. The smallest absolute Gasteiger partial charge is 0.335 e. The average molecular weight is 498 g/mol. The number of aryl methyl sites for hydroxylation is 1. The normalized spacial score (nSPS) is 20.6. The van der Waals surface area contributed by atoms with Crippen LogP contribution in [0, 0.1) is 18.6 Å². The molecule has 2 aromatic heterocycles. The third-order valence-corrected chi connectivity index (χ3v) is 7.49. The lowest BCUT2D eigenvalue weighted by molar-refractivity contribution is -0.157. The maximum absolute atomic E-state index is 16.2. The Bertz CT molecular complexity index is 1510. The number of nitrogens with zero attached hydrogens (tertiary/aromatic N) is 2. The number of carboxylic acid groups (broad SMARTS) is 1. The van der Waals surface area contributed by atoms with Crippen LogP contribution in [0.2, 0.25) is 0 Å². The number of H-pyrrole nitrogens is 1. The SMILES string of the molecule is COCC(C)(C)c1c(C2CC[C@@](O)(C(=O)O)C2)c2c(F)c3[nH]ncc3cc2n1-c1ccc(F)c(C)c1. The molecule has 1 saturated carbocycles. The summed E-state index contributed by atoms with van der Waals surface area (Å²) < 4.78 is 38.0. The third-order valence-electron chi connectivity index (χ3n) is 7.49. The van der Waals surface area contributed by atoms with Crippen molar-refractivity contribution >= 4 is 27.8 Å². The predicted molar refractivity (Wildman–Crippen MR) is 132 cm³/mol. The summed E-state index contributed by atoms with van der Waals surface area (Å²) >= 11 is 0. The number of nitrogens with one attached hydrogen (secondary N) is 1. The molecule has 3 N–H and O–H groups in total. The molecular weight excluding hydrogens is 468 g/mol. The minimum atomic E-state index is -1.89. The highest BCUT2D eigenvalue weighted by Gasteiger charge is 2.47. The van der Waals surface area contributed by atoms with Crippen molar-refractivity contribution in [3.8, 4) is 5.69 Å². The van der Waals surface area contributed by atoms with Crippen LogP contribution in [-0.2, 0) is 14.9 Å². The van der Waals surface area contributed by atoms with Crippen LogP contribution in [0.4, 0.5) is 8.78 Å². The summed E-state index contributed by atoms with van der Waals surface area (Å²) in [7, 11) is 1.59. The van der Waals surface area contributed by atoms with Gasteiger partial charge in [-0.15, -0.1) is 0 Å². The monoisotopic (exact) mass is 497 g/mol. The zero-order valence-electron chi connectivity index (χ0n) is 20.7. The molecule has 0 amide bonds. The van der Waals surface area contributed by atoms with Crippen molar-refractivity contribution in [1.29, 1.82) is 0 Å². The molecule has 0 radical (unpaired) electrons. The van der Waals surface area contributed by atoms with Gasteiger partial charge in [0.1, 0.15) is 11.3 Å². The number of aromatic amines is 1. The van der Waals surface area contributed by atoms with E-state index in [0.29, 0.717) is 46.1 Å². The Labute approximate surface area is 206 Å². The molecule has 7 nitrogen and oxygen atoms in total. The Hall–Kier alpha value is -3.30. The number of aliphatic carboxylic acids is 1. The Kier molecular flexibility index (Phi) is 5.68. The Morgan fingerprint density at radius 2 is 2.08 bits per heavy atom. The van der Waals surface area contributed by atoms with Gasteiger partial charge in [0, 0.05) is 34.7 Å². The quantitative estimate of drug-likeness (QED) is 0.344. The van der Waals surface area contributed by atoms with Crippen LogP contribution >= 0.6 is 0 Å². The van der Waals surface area contributed by atoms with Crippen molar-refractivity contribution in [3.63, 3.8) is 0 Å². The van der Waals surface area contributed by atoms with E-state index in [1.54, 1.807) is 32.4 Å². The fourth-order valence-electron chi connectivity index (χ4n) is 5.82. The zero-order valence-corrected chi connectivity index (χ0v) is 20.7. The summed E-state index contributed by atoms with van der Waals surface area (Å²) in [5.74, 6) is -2.54. The van der Waals surface area contributed by atoms with Gasteiger partial charge in [-0.25, -0.2) is 13.6 Å². The second-order valence-corrected chi connectivity index (χ2v) is 10.5. The maximum Gasteiger partial charge on any atom is 0.335 e. The molecule has 1 aliphatic rings. The number of methoxy groups -OCH3 is 1. The molecule has 9 heteroatoms. The Balaban J connectivity index is 1.93. The largest absolute Gasteiger partial charge is 0.479 e. The van der Waals surface area contributed by atoms with Crippen molar-refractivity contribution in [1.82, 2.24) is 14.8 Å². The van der Waals surface area contributed by atoms with E-state index in [1.165, 1.54) is 6.07 Å². The van der Waals surface area contributed by atoms with Crippen LogP contribution in [0.5, 0.6) is 0 Å². The summed E-state index contributed by atoms with van der Waals surface area (Å²) in [5, 5.41) is 28.1. The van der Waals surface area contributed by atoms with E-state index in [2.05, 4.69) is 10.2 Å². The highest BCUT2D eigenvalue weighted by molar-refractivity contribution is 6.00. The highest BCUT2D eigenvalue weighted by atomic mass is 19.1. The first kappa shape index (κ1) is 24.4. The van der Waals surface area contributed by atoms with Gasteiger partial charge in [0.2, 0.25) is 0 Å². The highest BCUT2D eigenvalue weighted by Crippen LogP contribution is 2.50. The Morgan fingerprint density at radius 3 is 2.72 bits per heavy atom. The number of hydrogen-bond donors (Lipinski definition) is 3. The molecular formula is C27H29F2N3O4. The number of carboxylic acids is 1. The lowest BCUT2D eigenvalue weighted by atomic mass is 9.81. The van der Waals surface area contributed by atoms with Gasteiger partial charge in [-0.3, -0.25) is 5.10 Å². The first-order chi connectivity index (χ1) is 17.0. The van der Waals surface area contributed by atoms with E-state index in [1.807, 2.05) is 24.5 Å². The first-order valence-corrected chi connectivity index (χ1v) is 11.9. The molecule has 2 atom stereocenters. The molecule has 1 fully saturated rings. The van der Waals surface area contributed by atoms with E-state index in [0.717, 1.165) is 5.69 Å². The van der Waals surface area contributed by atoms with Gasteiger partial charge in [-0.2, -0.15) is 5.10 Å². The van der Waals surface area contributed by atoms with Crippen LogP contribution in [0.3, 0.4) is 0 Å². The molecule has 0 aliphatic heterocycles. The number of rotatable bonds is 6. The average Bonchev–Trinajstić information content (AvgIpc) is 3.52. The van der Waals surface area contributed by atoms with E-state index in [-0.39, 0.29) is 24.2 Å². The van der Waals surface area contributed by atoms with Crippen molar-refractivity contribution in [2.24, 2.45) is 0 Å². The summed E-state index contributed by atoms with van der Waals surface area (Å²) in [4.78, 5) is 11.9. The summed E-state index contributed by atoms with van der Waals surface area (Å²) in [6.45, 7) is 5.92. The molecule has 0 bridgehead atoms. The molecule has 5 rings (SSSR count). The van der Waals surface area contributed by atoms with Crippen molar-refractivity contribution in [2.75, 3.05) is 13.7 Å². The Morgan fingerprint density at radius 1 is 1.33 bits per heavy atom. The summed E-state index contributed by atoms with van der Waals surface area (Å²) in [6.07, 6.45) is 1.94. The number of fused-ring (bicyclic) bond motifs is 2. The lowest BCUT2D eigenvalue weighted by Crippen LogP contribution is -2.35. The van der Waals surface area contributed by atoms with Gasteiger partial charge in [0.05, 0.1) is 18.3 Å². The first-order valence-electron chi connectivity index (χ1n) is 11.9. The fourth-order valence-corrected chi connectivity index (χ4v) is 5.82. The molecule has 190 valence electrons. The number of benzene rings is 2. The van der Waals surface area contributed by atoms with Gasteiger partial charge < -0.3 is 19.5 Å². The number of halogens is 2. The molecule has 1 unspecified atom stereocenters. The number of ether oxygens (including phenoxy) is 1. The second kappa shape index (κ2) is 8.38. The predicted octanol–water partition coefficient (Wildman–Crippen LogP) is 5.10. The molecule has 0 saturated heterocycles. The van der Waals surface area contributed by atoms with E-state index < -0.39 is 28.7 Å². The number of aliphatic hydroxyl groups is 1. The fraction of sp³-hybridized carbons (Fsp3) is 0.407. The van der Waals surface area contributed by atoms with Gasteiger partial charge in [0.25, 0.3) is 0 Å². The minimum absolute atomic E-state index is 0.0413. The summed E-state index contributed by atoms with van der Waals surface area (Å²) in [6, 6.07) is 6.58. The van der Waals surface area contributed by atoms with Crippen molar-refractivity contribution in [2.45, 2.75) is 57.0 Å². The molecule has 2 aromatic carbocycles. The molecule has 2 heterocycles. The van der Waals surface area contributed by atoms with Crippen LogP contribution in [0.1, 0.15) is 55.8 Å². The van der Waals surface area contributed by atoms with Crippen LogP contribution in [0.25, 0.3) is 27.5 Å². The van der Waals surface area contributed by atoms with Crippen LogP contribution in [-0.4, -0.2) is 50.3 Å². The van der Waals surface area contributed by atoms with Gasteiger partial charge >= 0.3 is 5.97 Å². The van der Waals surface area contributed by atoms with Gasteiger partial charge in [-0.05, 0) is 67.5 Å². The zero-order chi connectivity index (χ0) is 26.0. The van der Waals surface area contributed by atoms with E-state index in [9.17, 15) is 19.4 Å². The topological polar surface area (TPSA) is 100 Å². The van der Waals surface area contributed by atoms with Crippen molar-refractivity contribution in [3.05, 3.63) is 58.9 Å². The maximum atomic E-state index is 16.2. The van der Waals surface area contributed by atoms with E-state index >= 15 is 4.39 Å². The number of carbonyl (C=O) groups is 1. The summed E-state index contributed by atoms with van der Waals surface area (Å²) in [5.41, 5.74) is 0.752. The second-order valence-electron chi connectivity index (χ2n) is 10.5. The lowest BCUT2D eigenvalue weighted by Gasteiger charge is -2.30. The molecule has 0 spiro atoms. The van der Waals surface area contributed by atoms with E-state index in [4.69, 9.17) is 4.74 Å². The van der Waals surface area contributed by atoms with Crippen LogP contribution in [0.15, 0.2) is 30.5 Å².